The quantitative estimate of drug-likeness (QED) is 0.910. The van der Waals surface area contributed by atoms with Crippen LogP contribution in [0.1, 0.15) is 30.6 Å². The molecule has 0 amide bonds. The summed E-state index contributed by atoms with van der Waals surface area (Å²) >= 11 is 3.35. The molecule has 0 radical (unpaired) electrons. The zero-order valence-corrected chi connectivity index (χ0v) is 12.4. The van der Waals surface area contributed by atoms with Gasteiger partial charge >= 0.3 is 0 Å². The number of hydrogen-bond acceptors (Lipinski definition) is 3. The van der Waals surface area contributed by atoms with Crippen molar-refractivity contribution < 1.29 is 4.74 Å². The van der Waals surface area contributed by atoms with E-state index in [4.69, 9.17) is 10.5 Å². The third kappa shape index (κ3) is 4.04. The van der Waals surface area contributed by atoms with Crippen LogP contribution < -0.4 is 10.5 Å². The molecule has 2 rings (SSSR count). The molecular weight excluding hydrogens is 304 g/mol. The van der Waals surface area contributed by atoms with Gasteiger partial charge in [0.2, 0.25) is 0 Å². The average molecular weight is 321 g/mol. The highest BCUT2D eigenvalue weighted by Gasteiger charge is 2.03. The monoisotopic (exact) mass is 320 g/mol. The standard InChI is InChI=1S/C15H17BrN2O/c1-2-15(17)11-3-7-14(8-4-11)19-10-13-6-5-12(16)9-18-13/h3-9,15H,2,10,17H2,1H3/t15-/m0/s1. The molecule has 0 aliphatic rings. The molecule has 19 heavy (non-hydrogen) atoms. The summed E-state index contributed by atoms with van der Waals surface area (Å²) in [6.45, 7) is 2.54. The summed E-state index contributed by atoms with van der Waals surface area (Å²) in [5.41, 5.74) is 8.00. The van der Waals surface area contributed by atoms with Crippen molar-refractivity contribution in [1.82, 2.24) is 4.98 Å². The number of halogens is 1. The van der Waals surface area contributed by atoms with Gasteiger partial charge in [0.25, 0.3) is 0 Å². The minimum absolute atomic E-state index is 0.0993. The maximum Gasteiger partial charge on any atom is 0.130 e. The first kappa shape index (κ1) is 14.0. The predicted octanol–water partition coefficient (Wildman–Crippen LogP) is 3.83. The minimum atomic E-state index is 0.0993. The van der Waals surface area contributed by atoms with Gasteiger partial charge in [-0.15, -0.1) is 0 Å². The van der Waals surface area contributed by atoms with E-state index in [0.29, 0.717) is 6.61 Å². The van der Waals surface area contributed by atoms with E-state index in [-0.39, 0.29) is 6.04 Å². The lowest BCUT2D eigenvalue weighted by Gasteiger charge is -2.10. The second kappa shape index (κ2) is 6.68. The van der Waals surface area contributed by atoms with Gasteiger partial charge in [-0.1, -0.05) is 19.1 Å². The number of nitrogens with two attached hydrogens (primary N) is 1. The highest BCUT2D eigenvalue weighted by atomic mass is 79.9. The maximum atomic E-state index is 5.97. The molecule has 0 spiro atoms. The van der Waals surface area contributed by atoms with Gasteiger partial charge in [-0.2, -0.15) is 0 Å². The van der Waals surface area contributed by atoms with Crippen LogP contribution >= 0.6 is 15.9 Å². The van der Waals surface area contributed by atoms with E-state index in [0.717, 1.165) is 27.9 Å². The molecule has 100 valence electrons. The normalized spacial score (nSPS) is 12.2. The molecule has 2 N–H and O–H groups in total. The van der Waals surface area contributed by atoms with Crippen molar-refractivity contribution in [3.63, 3.8) is 0 Å². The largest absolute Gasteiger partial charge is 0.487 e. The zero-order chi connectivity index (χ0) is 13.7. The molecular formula is C15H17BrN2O. The third-order valence-electron chi connectivity index (χ3n) is 2.92. The summed E-state index contributed by atoms with van der Waals surface area (Å²) in [6.07, 6.45) is 2.70. The summed E-state index contributed by atoms with van der Waals surface area (Å²) in [7, 11) is 0. The molecule has 1 aromatic heterocycles. The van der Waals surface area contributed by atoms with Gasteiger partial charge < -0.3 is 10.5 Å². The number of aromatic nitrogens is 1. The highest BCUT2D eigenvalue weighted by molar-refractivity contribution is 9.10. The third-order valence-corrected chi connectivity index (χ3v) is 3.39. The summed E-state index contributed by atoms with van der Waals surface area (Å²) < 4.78 is 6.65. The van der Waals surface area contributed by atoms with Gasteiger partial charge in [0, 0.05) is 16.7 Å². The Hall–Kier alpha value is -1.39. The second-order valence-corrected chi connectivity index (χ2v) is 5.26. The van der Waals surface area contributed by atoms with E-state index in [2.05, 4.69) is 27.8 Å². The van der Waals surface area contributed by atoms with E-state index >= 15 is 0 Å². The topological polar surface area (TPSA) is 48.1 Å². The van der Waals surface area contributed by atoms with Crippen molar-refractivity contribution in [2.45, 2.75) is 26.0 Å². The first-order valence-corrected chi connectivity index (χ1v) is 7.07. The Bertz CT molecular complexity index is 511. The Labute approximate surface area is 121 Å². The number of rotatable bonds is 5. The van der Waals surface area contributed by atoms with Crippen LogP contribution in [0.3, 0.4) is 0 Å². The lowest BCUT2D eigenvalue weighted by atomic mass is 10.1. The van der Waals surface area contributed by atoms with Crippen LogP contribution in [0.5, 0.6) is 5.75 Å². The van der Waals surface area contributed by atoms with Crippen molar-refractivity contribution in [2.24, 2.45) is 5.73 Å². The number of hydrogen-bond donors (Lipinski definition) is 1. The van der Waals surface area contributed by atoms with Crippen molar-refractivity contribution in [2.75, 3.05) is 0 Å². The van der Waals surface area contributed by atoms with Gasteiger partial charge in [-0.3, -0.25) is 4.98 Å². The van der Waals surface area contributed by atoms with Crippen LogP contribution in [0.4, 0.5) is 0 Å². The summed E-state index contributed by atoms with van der Waals surface area (Å²) in [6, 6.07) is 11.9. The molecule has 1 aromatic carbocycles. The Morgan fingerprint density at radius 3 is 2.53 bits per heavy atom. The SMILES string of the molecule is CC[C@H](N)c1ccc(OCc2ccc(Br)cn2)cc1. The van der Waals surface area contributed by atoms with Crippen LogP contribution in [-0.2, 0) is 6.61 Å². The van der Waals surface area contributed by atoms with E-state index in [9.17, 15) is 0 Å². The highest BCUT2D eigenvalue weighted by Crippen LogP contribution is 2.19. The van der Waals surface area contributed by atoms with Gasteiger partial charge in [-0.05, 0) is 52.2 Å². The summed E-state index contributed by atoms with van der Waals surface area (Å²) in [5.74, 6) is 0.830. The van der Waals surface area contributed by atoms with Crippen LogP contribution in [0.15, 0.2) is 47.1 Å². The van der Waals surface area contributed by atoms with Crippen LogP contribution in [0, 0.1) is 0 Å². The van der Waals surface area contributed by atoms with Gasteiger partial charge in [-0.25, -0.2) is 0 Å². The van der Waals surface area contributed by atoms with E-state index in [1.54, 1.807) is 6.20 Å². The lowest BCUT2D eigenvalue weighted by Crippen LogP contribution is -2.08. The van der Waals surface area contributed by atoms with Crippen LogP contribution in [-0.4, -0.2) is 4.98 Å². The minimum Gasteiger partial charge on any atom is -0.487 e. The fourth-order valence-electron chi connectivity index (χ4n) is 1.70. The Kier molecular flexibility index (Phi) is 4.93. The summed E-state index contributed by atoms with van der Waals surface area (Å²) in [4.78, 5) is 4.26. The Morgan fingerprint density at radius 2 is 1.95 bits per heavy atom. The molecule has 3 nitrogen and oxygen atoms in total. The van der Waals surface area contributed by atoms with Crippen molar-refractivity contribution >= 4 is 15.9 Å². The Balaban J connectivity index is 1.94. The van der Waals surface area contributed by atoms with Crippen LogP contribution in [0.2, 0.25) is 0 Å². The van der Waals surface area contributed by atoms with Gasteiger partial charge in [0.1, 0.15) is 12.4 Å². The van der Waals surface area contributed by atoms with E-state index in [1.807, 2.05) is 36.4 Å². The van der Waals surface area contributed by atoms with Crippen molar-refractivity contribution in [3.05, 3.63) is 58.3 Å². The molecule has 0 saturated carbocycles. The second-order valence-electron chi connectivity index (χ2n) is 4.34. The van der Waals surface area contributed by atoms with Crippen molar-refractivity contribution in [1.29, 1.82) is 0 Å². The molecule has 4 heteroatoms. The molecule has 0 unspecified atom stereocenters. The number of ether oxygens (including phenoxy) is 1. The van der Waals surface area contributed by atoms with Gasteiger partial charge in [0.05, 0.1) is 5.69 Å². The smallest absolute Gasteiger partial charge is 0.130 e. The molecule has 0 aliphatic heterocycles. The molecule has 0 bridgehead atoms. The van der Waals surface area contributed by atoms with Gasteiger partial charge in [0.15, 0.2) is 0 Å². The Morgan fingerprint density at radius 1 is 1.21 bits per heavy atom. The van der Waals surface area contributed by atoms with E-state index < -0.39 is 0 Å². The molecule has 2 aromatic rings. The molecule has 0 fully saturated rings. The zero-order valence-electron chi connectivity index (χ0n) is 10.8. The molecule has 0 saturated heterocycles. The predicted molar refractivity (Wildman–Crippen MR) is 79.9 cm³/mol. The lowest BCUT2D eigenvalue weighted by molar-refractivity contribution is 0.301. The first-order valence-electron chi connectivity index (χ1n) is 6.28. The molecule has 1 atom stereocenters. The fraction of sp³-hybridized carbons (Fsp3) is 0.267. The number of pyridine rings is 1. The maximum absolute atomic E-state index is 5.97. The summed E-state index contributed by atoms with van der Waals surface area (Å²) in [5, 5.41) is 0. The van der Waals surface area contributed by atoms with Crippen LogP contribution in [0.25, 0.3) is 0 Å². The molecule has 0 aliphatic carbocycles. The number of nitrogens with zero attached hydrogens (tertiary/aromatic N) is 1. The first-order chi connectivity index (χ1) is 9.19. The molecule has 1 heterocycles. The van der Waals surface area contributed by atoms with E-state index in [1.165, 1.54) is 0 Å². The van der Waals surface area contributed by atoms with Crippen molar-refractivity contribution in [3.8, 4) is 5.75 Å². The fourth-order valence-corrected chi connectivity index (χ4v) is 1.93. The average Bonchev–Trinajstić information content (AvgIpc) is 2.46. The number of benzene rings is 1.